The highest BCUT2D eigenvalue weighted by atomic mass is 14.7. The van der Waals surface area contributed by atoms with Crippen LogP contribution in [0.3, 0.4) is 0 Å². The summed E-state index contributed by atoms with van der Waals surface area (Å²) in [6.45, 7) is 8.51. The maximum absolute atomic E-state index is 6.24. The molecule has 2 N–H and O–H groups in total. The molecular weight excluding hydrogens is 182 g/mol. The Bertz CT molecular complexity index is 186. The average Bonchev–Trinajstić information content (AvgIpc) is 2.18. The molecule has 0 aromatic carbocycles. The molecule has 1 aliphatic rings. The fourth-order valence-electron chi connectivity index (χ4n) is 2.58. The molecule has 0 heterocycles. The fourth-order valence-corrected chi connectivity index (χ4v) is 2.58. The van der Waals surface area contributed by atoms with Gasteiger partial charge in [-0.15, -0.1) is 6.58 Å². The van der Waals surface area contributed by atoms with Crippen molar-refractivity contribution < 1.29 is 0 Å². The zero-order valence-electron chi connectivity index (χ0n) is 10.5. The van der Waals surface area contributed by atoms with E-state index in [-0.39, 0.29) is 0 Å². The Hall–Kier alpha value is -0.300. The molecule has 1 aliphatic carbocycles. The summed E-state index contributed by atoms with van der Waals surface area (Å²) in [5, 5.41) is 0. The molecule has 88 valence electrons. The van der Waals surface area contributed by atoms with Crippen LogP contribution in [-0.2, 0) is 0 Å². The highest BCUT2D eigenvalue weighted by molar-refractivity contribution is 4.84. The molecule has 1 fully saturated rings. The lowest BCUT2D eigenvalue weighted by atomic mass is 9.71. The number of unbranched alkanes of at least 4 members (excludes halogenated alkanes) is 1. The van der Waals surface area contributed by atoms with Crippen LogP contribution < -0.4 is 5.73 Å². The molecule has 1 rings (SSSR count). The second kappa shape index (κ2) is 5.69. The zero-order valence-corrected chi connectivity index (χ0v) is 10.5. The number of rotatable bonds is 5. The Morgan fingerprint density at radius 2 is 2.00 bits per heavy atom. The lowest BCUT2D eigenvalue weighted by Crippen LogP contribution is -2.34. The third-order valence-electron chi connectivity index (χ3n) is 3.94. The summed E-state index contributed by atoms with van der Waals surface area (Å²) in [5.41, 5.74) is 6.81. The minimum Gasteiger partial charge on any atom is -0.327 e. The topological polar surface area (TPSA) is 26.0 Å². The van der Waals surface area contributed by atoms with Crippen LogP contribution in [0.5, 0.6) is 0 Å². The van der Waals surface area contributed by atoms with Crippen LogP contribution in [0.1, 0.15) is 58.8 Å². The van der Waals surface area contributed by atoms with Crippen LogP contribution in [0.4, 0.5) is 0 Å². The number of nitrogens with two attached hydrogens (primary N) is 1. The smallest absolute Gasteiger partial charge is 0.00672 e. The van der Waals surface area contributed by atoms with Gasteiger partial charge in [0.2, 0.25) is 0 Å². The Balaban J connectivity index is 2.23. The first kappa shape index (κ1) is 12.8. The predicted octanol–water partition coefficient (Wildman–Crippen LogP) is 3.89. The molecule has 0 saturated heterocycles. The first-order chi connectivity index (χ1) is 7.05. The molecule has 0 bridgehead atoms. The quantitative estimate of drug-likeness (QED) is 0.539. The zero-order chi connectivity index (χ0) is 11.3. The Morgan fingerprint density at radius 1 is 1.40 bits per heavy atom. The first-order valence-corrected chi connectivity index (χ1v) is 6.42. The van der Waals surface area contributed by atoms with Crippen molar-refractivity contribution in [1.82, 2.24) is 0 Å². The molecule has 1 unspecified atom stereocenters. The van der Waals surface area contributed by atoms with Gasteiger partial charge in [0.05, 0.1) is 0 Å². The fraction of sp³-hybridized carbons (Fsp3) is 0.857. The van der Waals surface area contributed by atoms with Crippen LogP contribution in [0.15, 0.2) is 12.7 Å². The lowest BCUT2D eigenvalue weighted by molar-refractivity contribution is 0.169. The second-order valence-electron chi connectivity index (χ2n) is 5.89. The third kappa shape index (κ3) is 4.38. The van der Waals surface area contributed by atoms with Crippen LogP contribution in [0.2, 0.25) is 0 Å². The van der Waals surface area contributed by atoms with Crippen molar-refractivity contribution in [2.75, 3.05) is 0 Å². The normalized spacial score (nSPS) is 23.7. The van der Waals surface area contributed by atoms with E-state index in [0.29, 0.717) is 11.5 Å². The summed E-state index contributed by atoms with van der Waals surface area (Å²) in [6.07, 6.45) is 10.9. The standard InChI is InChI=1S/C14H27N/c1-4-5-6-7-13(15)12-8-10-14(2,3)11-9-12/h4,12-13H,1,5-11,15H2,2-3H3. The van der Waals surface area contributed by atoms with Gasteiger partial charge in [-0.05, 0) is 56.3 Å². The minimum atomic E-state index is 0.432. The van der Waals surface area contributed by atoms with E-state index in [1.807, 2.05) is 6.08 Å². The Kier molecular flexibility index (Phi) is 4.85. The molecule has 15 heavy (non-hydrogen) atoms. The largest absolute Gasteiger partial charge is 0.327 e. The molecule has 0 amide bonds. The highest BCUT2D eigenvalue weighted by Crippen LogP contribution is 2.39. The van der Waals surface area contributed by atoms with Crippen LogP contribution in [-0.4, -0.2) is 6.04 Å². The highest BCUT2D eigenvalue weighted by Gasteiger charge is 2.29. The van der Waals surface area contributed by atoms with Crippen molar-refractivity contribution >= 4 is 0 Å². The molecule has 0 spiro atoms. The minimum absolute atomic E-state index is 0.432. The second-order valence-corrected chi connectivity index (χ2v) is 5.89. The number of hydrogen-bond donors (Lipinski definition) is 1. The molecule has 1 nitrogen and oxygen atoms in total. The van der Waals surface area contributed by atoms with Crippen molar-refractivity contribution in [3.05, 3.63) is 12.7 Å². The summed E-state index contributed by atoms with van der Waals surface area (Å²) in [4.78, 5) is 0. The van der Waals surface area contributed by atoms with E-state index in [1.165, 1.54) is 38.5 Å². The predicted molar refractivity (Wildman–Crippen MR) is 67.8 cm³/mol. The number of hydrogen-bond acceptors (Lipinski definition) is 1. The average molecular weight is 209 g/mol. The maximum Gasteiger partial charge on any atom is 0.00672 e. The third-order valence-corrected chi connectivity index (χ3v) is 3.94. The van der Waals surface area contributed by atoms with E-state index >= 15 is 0 Å². The van der Waals surface area contributed by atoms with E-state index < -0.39 is 0 Å². The van der Waals surface area contributed by atoms with Crippen molar-refractivity contribution in [2.45, 2.75) is 64.8 Å². The van der Waals surface area contributed by atoms with E-state index in [0.717, 1.165) is 12.3 Å². The van der Waals surface area contributed by atoms with Crippen molar-refractivity contribution in [1.29, 1.82) is 0 Å². The van der Waals surface area contributed by atoms with Gasteiger partial charge in [0.25, 0.3) is 0 Å². The first-order valence-electron chi connectivity index (χ1n) is 6.42. The summed E-state index contributed by atoms with van der Waals surface area (Å²) in [5.74, 6) is 0.780. The number of allylic oxidation sites excluding steroid dienone is 1. The summed E-state index contributed by atoms with van der Waals surface area (Å²) < 4.78 is 0. The van der Waals surface area contributed by atoms with E-state index in [2.05, 4.69) is 20.4 Å². The molecule has 0 aromatic rings. The summed E-state index contributed by atoms with van der Waals surface area (Å²) in [7, 11) is 0. The summed E-state index contributed by atoms with van der Waals surface area (Å²) >= 11 is 0. The molecule has 1 atom stereocenters. The molecule has 0 aromatic heterocycles. The summed E-state index contributed by atoms with van der Waals surface area (Å²) in [6, 6.07) is 0.432. The molecule has 0 aliphatic heterocycles. The van der Waals surface area contributed by atoms with Gasteiger partial charge in [-0.25, -0.2) is 0 Å². The van der Waals surface area contributed by atoms with Gasteiger partial charge in [0, 0.05) is 6.04 Å². The Labute approximate surface area is 95.1 Å². The van der Waals surface area contributed by atoms with E-state index in [4.69, 9.17) is 5.73 Å². The van der Waals surface area contributed by atoms with Crippen LogP contribution in [0.25, 0.3) is 0 Å². The molecule has 1 saturated carbocycles. The SMILES string of the molecule is C=CCCCC(N)C1CCC(C)(C)CC1. The van der Waals surface area contributed by atoms with Crippen molar-refractivity contribution in [3.8, 4) is 0 Å². The van der Waals surface area contributed by atoms with Gasteiger partial charge < -0.3 is 5.73 Å². The molecule has 0 radical (unpaired) electrons. The van der Waals surface area contributed by atoms with Crippen LogP contribution in [0, 0.1) is 11.3 Å². The van der Waals surface area contributed by atoms with Gasteiger partial charge >= 0.3 is 0 Å². The maximum atomic E-state index is 6.24. The van der Waals surface area contributed by atoms with E-state index in [1.54, 1.807) is 0 Å². The van der Waals surface area contributed by atoms with Gasteiger partial charge in [0.15, 0.2) is 0 Å². The van der Waals surface area contributed by atoms with Crippen LogP contribution >= 0.6 is 0 Å². The molecular formula is C14H27N. The monoisotopic (exact) mass is 209 g/mol. The molecule has 1 heteroatoms. The van der Waals surface area contributed by atoms with Gasteiger partial charge in [-0.1, -0.05) is 19.9 Å². The van der Waals surface area contributed by atoms with Gasteiger partial charge in [-0.2, -0.15) is 0 Å². The Morgan fingerprint density at radius 3 is 2.53 bits per heavy atom. The lowest BCUT2D eigenvalue weighted by Gasteiger charge is -2.36. The van der Waals surface area contributed by atoms with Gasteiger partial charge in [-0.3, -0.25) is 0 Å². The van der Waals surface area contributed by atoms with Crippen molar-refractivity contribution in [3.63, 3.8) is 0 Å². The van der Waals surface area contributed by atoms with E-state index in [9.17, 15) is 0 Å². The van der Waals surface area contributed by atoms with Crippen molar-refractivity contribution in [2.24, 2.45) is 17.1 Å². The van der Waals surface area contributed by atoms with Gasteiger partial charge in [0.1, 0.15) is 0 Å².